The SMILES string of the molecule is CC(=Cc1ccccc1)C1CC1N(C(=O)OC(C)(C)C)C1CCN(CCC(=O)O)CC1. The van der Waals surface area contributed by atoms with Gasteiger partial charge in [-0.05, 0) is 52.5 Å². The minimum atomic E-state index is -0.765. The number of rotatable bonds is 7. The normalized spacial score (nSPS) is 22.8. The van der Waals surface area contributed by atoms with E-state index in [-0.39, 0.29) is 24.6 Å². The van der Waals surface area contributed by atoms with E-state index in [1.54, 1.807) is 0 Å². The molecule has 6 heteroatoms. The first-order chi connectivity index (χ1) is 14.6. The van der Waals surface area contributed by atoms with Gasteiger partial charge in [-0.1, -0.05) is 42.0 Å². The van der Waals surface area contributed by atoms with Crippen LogP contribution in [0.15, 0.2) is 35.9 Å². The molecule has 1 aliphatic carbocycles. The number of likely N-dealkylation sites (tertiary alicyclic amines) is 1. The van der Waals surface area contributed by atoms with Crippen molar-refractivity contribution in [1.82, 2.24) is 9.80 Å². The van der Waals surface area contributed by atoms with Crippen molar-refractivity contribution in [2.24, 2.45) is 5.92 Å². The van der Waals surface area contributed by atoms with Gasteiger partial charge < -0.3 is 19.6 Å². The third kappa shape index (κ3) is 6.82. The second-order valence-corrected chi connectivity index (χ2v) is 9.81. The third-order valence-corrected chi connectivity index (χ3v) is 6.09. The zero-order chi connectivity index (χ0) is 22.6. The summed E-state index contributed by atoms with van der Waals surface area (Å²) in [6.07, 6.45) is 4.82. The number of aliphatic carboxylic acids is 1. The van der Waals surface area contributed by atoms with Crippen molar-refractivity contribution in [3.8, 4) is 0 Å². The van der Waals surface area contributed by atoms with Crippen LogP contribution in [0, 0.1) is 5.92 Å². The molecular formula is C25H36N2O4. The third-order valence-electron chi connectivity index (χ3n) is 6.09. The summed E-state index contributed by atoms with van der Waals surface area (Å²) in [4.78, 5) is 28.2. The molecule has 1 aromatic carbocycles. The van der Waals surface area contributed by atoms with Crippen LogP contribution in [0.25, 0.3) is 6.08 Å². The second-order valence-electron chi connectivity index (χ2n) is 9.81. The molecule has 2 aliphatic rings. The molecule has 0 spiro atoms. The van der Waals surface area contributed by atoms with Crippen LogP contribution in [-0.4, -0.2) is 64.3 Å². The van der Waals surface area contributed by atoms with Gasteiger partial charge in [-0.3, -0.25) is 4.79 Å². The van der Waals surface area contributed by atoms with Crippen LogP contribution in [0.3, 0.4) is 0 Å². The topological polar surface area (TPSA) is 70.1 Å². The molecule has 3 rings (SSSR count). The van der Waals surface area contributed by atoms with Crippen molar-refractivity contribution in [2.75, 3.05) is 19.6 Å². The maximum absolute atomic E-state index is 13.2. The first-order valence-corrected chi connectivity index (χ1v) is 11.3. The number of carbonyl (C=O) groups is 2. The molecule has 1 aromatic rings. The van der Waals surface area contributed by atoms with Gasteiger partial charge >= 0.3 is 12.1 Å². The van der Waals surface area contributed by atoms with E-state index in [0.29, 0.717) is 12.5 Å². The molecule has 1 heterocycles. The Kier molecular flexibility index (Phi) is 7.42. The zero-order valence-electron chi connectivity index (χ0n) is 19.2. The number of ether oxygens (including phenoxy) is 1. The number of nitrogens with zero attached hydrogens (tertiary/aromatic N) is 2. The van der Waals surface area contributed by atoms with Crippen molar-refractivity contribution in [3.05, 3.63) is 41.5 Å². The van der Waals surface area contributed by atoms with E-state index in [1.165, 1.54) is 11.1 Å². The van der Waals surface area contributed by atoms with E-state index in [1.807, 2.05) is 43.9 Å². The summed E-state index contributed by atoms with van der Waals surface area (Å²) in [5, 5.41) is 8.93. The van der Waals surface area contributed by atoms with E-state index in [0.717, 1.165) is 32.4 Å². The lowest BCUT2D eigenvalue weighted by molar-refractivity contribution is -0.137. The number of piperidine rings is 1. The quantitative estimate of drug-likeness (QED) is 0.684. The molecule has 1 aliphatic heterocycles. The van der Waals surface area contributed by atoms with Gasteiger partial charge in [-0.25, -0.2) is 4.79 Å². The smallest absolute Gasteiger partial charge is 0.410 e. The highest BCUT2D eigenvalue weighted by Crippen LogP contribution is 2.44. The Bertz CT molecular complexity index is 791. The molecule has 2 atom stereocenters. The van der Waals surface area contributed by atoms with E-state index >= 15 is 0 Å². The Morgan fingerprint density at radius 1 is 1.19 bits per heavy atom. The van der Waals surface area contributed by atoms with Crippen molar-refractivity contribution in [3.63, 3.8) is 0 Å². The van der Waals surface area contributed by atoms with E-state index < -0.39 is 11.6 Å². The number of carboxylic acids is 1. The molecule has 0 bridgehead atoms. The van der Waals surface area contributed by atoms with Crippen molar-refractivity contribution >= 4 is 18.1 Å². The minimum Gasteiger partial charge on any atom is -0.481 e. The zero-order valence-corrected chi connectivity index (χ0v) is 19.2. The molecule has 0 aromatic heterocycles. The highest BCUT2D eigenvalue weighted by Gasteiger charge is 2.48. The molecule has 1 N–H and O–H groups in total. The average Bonchev–Trinajstić information content (AvgIpc) is 3.47. The fraction of sp³-hybridized carbons (Fsp3) is 0.600. The first-order valence-electron chi connectivity index (χ1n) is 11.3. The molecule has 2 unspecified atom stereocenters. The standard InChI is InChI=1S/C25H36N2O4/c1-18(16-19-8-6-5-7-9-19)21-17-22(21)27(24(30)31-25(2,3)4)20-10-13-26(14-11-20)15-12-23(28)29/h5-9,16,20-22H,10-15,17H2,1-4H3,(H,28,29). The van der Waals surface area contributed by atoms with Crippen molar-refractivity contribution in [1.29, 1.82) is 0 Å². The van der Waals surface area contributed by atoms with Gasteiger partial charge in [0.25, 0.3) is 0 Å². The maximum Gasteiger partial charge on any atom is 0.410 e. The van der Waals surface area contributed by atoms with E-state index in [2.05, 4.69) is 30.0 Å². The van der Waals surface area contributed by atoms with Gasteiger partial charge in [0.05, 0.1) is 6.42 Å². The fourth-order valence-electron chi connectivity index (χ4n) is 4.44. The van der Waals surface area contributed by atoms with Crippen molar-refractivity contribution < 1.29 is 19.4 Å². The fourth-order valence-corrected chi connectivity index (χ4v) is 4.44. The molecule has 31 heavy (non-hydrogen) atoms. The van der Waals surface area contributed by atoms with Crippen LogP contribution < -0.4 is 0 Å². The summed E-state index contributed by atoms with van der Waals surface area (Å²) >= 11 is 0. The number of amides is 1. The summed E-state index contributed by atoms with van der Waals surface area (Å²) in [5.41, 5.74) is 1.95. The molecule has 6 nitrogen and oxygen atoms in total. The summed E-state index contributed by atoms with van der Waals surface area (Å²) < 4.78 is 5.78. The Labute approximate surface area is 185 Å². The molecule has 2 fully saturated rings. The Balaban J connectivity index is 1.68. The number of carboxylic acid groups (broad SMARTS) is 1. The van der Waals surface area contributed by atoms with Crippen LogP contribution in [0.1, 0.15) is 58.9 Å². The lowest BCUT2D eigenvalue weighted by atomic mass is 10.0. The molecule has 0 radical (unpaired) electrons. The predicted molar refractivity (Wildman–Crippen MR) is 122 cm³/mol. The Morgan fingerprint density at radius 2 is 1.84 bits per heavy atom. The summed E-state index contributed by atoms with van der Waals surface area (Å²) in [6, 6.07) is 10.6. The van der Waals surface area contributed by atoms with Crippen LogP contribution in [-0.2, 0) is 9.53 Å². The largest absolute Gasteiger partial charge is 0.481 e. The predicted octanol–water partition coefficient (Wildman–Crippen LogP) is 4.65. The molecule has 170 valence electrons. The number of hydrogen-bond donors (Lipinski definition) is 1. The van der Waals surface area contributed by atoms with Gasteiger partial charge in [0.2, 0.25) is 0 Å². The van der Waals surface area contributed by atoms with Crippen molar-refractivity contribution in [2.45, 2.75) is 71.1 Å². The summed E-state index contributed by atoms with van der Waals surface area (Å²) in [6.45, 7) is 10.1. The van der Waals surface area contributed by atoms with E-state index in [4.69, 9.17) is 9.84 Å². The lowest BCUT2D eigenvalue weighted by Gasteiger charge is -2.39. The molecule has 1 saturated carbocycles. The average molecular weight is 429 g/mol. The molecular weight excluding hydrogens is 392 g/mol. The minimum absolute atomic E-state index is 0.135. The number of benzene rings is 1. The number of carbonyl (C=O) groups excluding carboxylic acids is 1. The van der Waals surface area contributed by atoms with Crippen LogP contribution in [0.5, 0.6) is 0 Å². The molecule has 1 amide bonds. The van der Waals surface area contributed by atoms with Crippen LogP contribution in [0.2, 0.25) is 0 Å². The van der Waals surface area contributed by atoms with Gasteiger partial charge in [-0.15, -0.1) is 0 Å². The Hall–Kier alpha value is -2.34. The lowest BCUT2D eigenvalue weighted by Crippen LogP contribution is -2.50. The maximum atomic E-state index is 13.2. The van der Waals surface area contributed by atoms with Gasteiger partial charge in [0.1, 0.15) is 5.60 Å². The van der Waals surface area contributed by atoms with E-state index in [9.17, 15) is 9.59 Å². The highest BCUT2D eigenvalue weighted by molar-refractivity contribution is 5.70. The van der Waals surface area contributed by atoms with Crippen LogP contribution >= 0.6 is 0 Å². The Morgan fingerprint density at radius 3 is 2.42 bits per heavy atom. The van der Waals surface area contributed by atoms with Crippen LogP contribution in [0.4, 0.5) is 4.79 Å². The van der Waals surface area contributed by atoms with Gasteiger partial charge in [0, 0.05) is 37.6 Å². The van der Waals surface area contributed by atoms with Gasteiger partial charge in [0.15, 0.2) is 0 Å². The molecule has 1 saturated heterocycles. The first kappa shape index (κ1) is 23.3. The van der Waals surface area contributed by atoms with Gasteiger partial charge in [-0.2, -0.15) is 0 Å². The summed E-state index contributed by atoms with van der Waals surface area (Å²) in [7, 11) is 0. The highest BCUT2D eigenvalue weighted by atomic mass is 16.6. The number of hydrogen-bond acceptors (Lipinski definition) is 4. The second kappa shape index (κ2) is 9.86. The monoisotopic (exact) mass is 428 g/mol. The summed E-state index contributed by atoms with van der Waals surface area (Å²) in [5.74, 6) is -0.406.